The molecule has 0 saturated heterocycles. The zero-order valence-corrected chi connectivity index (χ0v) is 18.4. The minimum Gasteiger partial charge on any atom is -0.489 e. The molecule has 32 heavy (non-hydrogen) atoms. The van der Waals surface area contributed by atoms with Gasteiger partial charge in [0.25, 0.3) is 5.69 Å². The molecule has 4 aromatic rings. The normalized spacial score (nSPS) is 11.5. The van der Waals surface area contributed by atoms with E-state index in [1.807, 2.05) is 67.8 Å². The molecule has 7 heteroatoms. The van der Waals surface area contributed by atoms with E-state index in [-0.39, 0.29) is 16.1 Å². The molecule has 0 bridgehead atoms. The standard InChI is InChI=1S/C25H26N4O3/c1-25(2,3)27-23-22(19-11-7-12-20(17-19)29(30)31)28-15-8-13-21(24(28)26-23)32-16-14-18-9-5-4-6-10-18/h4-13,15,17,27H,14,16H2,1-3H3. The van der Waals surface area contributed by atoms with Crippen LogP contribution >= 0.6 is 0 Å². The molecular formula is C25H26N4O3. The highest BCUT2D eigenvalue weighted by Crippen LogP contribution is 2.35. The molecule has 164 valence electrons. The number of non-ortho nitro benzene ring substituents is 1. The van der Waals surface area contributed by atoms with Gasteiger partial charge in [0.2, 0.25) is 0 Å². The Morgan fingerprint density at radius 2 is 1.84 bits per heavy atom. The van der Waals surface area contributed by atoms with Gasteiger partial charge in [0, 0.05) is 35.9 Å². The highest BCUT2D eigenvalue weighted by atomic mass is 16.6. The quantitative estimate of drug-likeness (QED) is 0.299. The third kappa shape index (κ3) is 4.72. The third-order valence-electron chi connectivity index (χ3n) is 4.93. The Balaban J connectivity index is 1.75. The van der Waals surface area contributed by atoms with Gasteiger partial charge in [-0.05, 0) is 38.5 Å². The van der Waals surface area contributed by atoms with Crippen molar-refractivity contribution in [3.05, 3.63) is 88.6 Å². The summed E-state index contributed by atoms with van der Waals surface area (Å²) in [5.41, 5.74) is 3.12. The van der Waals surface area contributed by atoms with Crippen molar-refractivity contribution in [2.45, 2.75) is 32.7 Å². The van der Waals surface area contributed by atoms with Gasteiger partial charge in [-0.15, -0.1) is 0 Å². The maximum atomic E-state index is 11.3. The summed E-state index contributed by atoms with van der Waals surface area (Å²) in [6, 6.07) is 20.6. The van der Waals surface area contributed by atoms with Crippen molar-refractivity contribution in [3.8, 4) is 17.0 Å². The third-order valence-corrected chi connectivity index (χ3v) is 4.93. The molecule has 0 fully saturated rings. The SMILES string of the molecule is CC(C)(C)Nc1nc2c(OCCc3ccccc3)cccn2c1-c1cccc([N+](=O)[O-])c1. The van der Waals surface area contributed by atoms with Gasteiger partial charge in [-0.2, -0.15) is 0 Å². The lowest BCUT2D eigenvalue weighted by Crippen LogP contribution is -2.26. The topological polar surface area (TPSA) is 81.7 Å². The number of nitro groups is 1. The minimum atomic E-state index is -0.387. The molecule has 2 aromatic heterocycles. The van der Waals surface area contributed by atoms with Crippen molar-refractivity contribution >= 4 is 17.2 Å². The molecule has 2 aromatic carbocycles. The summed E-state index contributed by atoms with van der Waals surface area (Å²) in [5.74, 6) is 1.31. The van der Waals surface area contributed by atoms with Gasteiger partial charge in [-0.1, -0.05) is 42.5 Å². The first kappa shape index (κ1) is 21.4. The van der Waals surface area contributed by atoms with E-state index in [1.54, 1.807) is 12.1 Å². The van der Waals surface area contributed by atoms with Gasteiger partial charge in [0.05, 0.1) is 17.2 Å². The second-order valence-electron chi connectivity index (χ2n) is 8.64. The number of nitrogens with zero attached hydrogens (tertiary/aromatic N) is 3. The predicted molar refractivity (Wildman–Crippen MR) is 126 cm³/mol. The van der Waals surface area contributed by atoms with Crippen LogP contribution in [0.1, 0.15) is 26.3 Å². The van der Waals surface area contributed by atoms with E-state index in [0.29, 0.717) is 29.4 Å². The molecule has 0 unspecified atom stereocenters. The number of imidazole rings is 1. The number of aromatic nitrogens is 2. The molecule has 0 radical (unpaired) electrons. The summed E-state index contributed by atoms with van der Waals surface area (Å²) in [4.78, 5) is 15.8. The van der Waals surface area contributed by atoms with E-state index in [2.05, 4.69) is 17.4 Å². The number of fused-ring (bicyclic) bond motifs is 1. The predicted octanol–water partition coefficient (Wildman–Crippen LogP) is 5.74. The Hall–Kier alpha value is -3.87. The Kier molecular flexibility index (Phi) is 5.81. The molecule has 1 N–H and O–H groups in total. The molecule has 0 atom stereocenters. The van der Waals surface area contributed by atoms with Crippen LogP contribution < -0.4 is 10.1 Å². The van der Waals surface area contributed by atoms with Crippen LogP contribution in [0.4, 0.5) is 11.5 Å². The number of ether oxygens (including phenoxy) is 1. The first-order chi connectivity index (χ1) is 15.3. The van der Waals surface area contributed by atoms with Crippen LogP contribution in [0, 0.1) is 10.1 Å². The first-order valence-corrected chi connectivity index (χ1v) is 10.5. The summed E-state index contributed by atoms with van der Waals surface area (Å²) in [6.45, 7) is 6.66. The van der Waals surface area contributed by atoms with Crippen LogP contribution in [0.3, 0.4) is 0 Å². The van der Waals surface area contributed by atoms with Crippen LogP contribution in [0.15, 0.2) is 72.9 Å². The van der Waals surface area contributed by atoms with Crippen LogP contribution in [0.2, 0.25) is 0 Å². The molecule has 0 saturated carbocycles. The number of benzene rings is 2. The number of hydrogen-bond donors (Lipinski definition) is 1. The number of rotatable bonds is 7. The summed E-state index contributed by atoms with van der Waals surface area (Å²) in [7, 11) is 0. The molecule has 7 nitrogen and oxygen atoms in total. The monoisotopic (exact) mass is 430 g/mol. The number of nitro benzene ring substituents is 1. The van der Waals surface area contributed by atoms with Crippen molar-refractivity contribution in [1.29, 1.82) is 0 Å². The molecule has 4 rings (SSSR count). The number of anilines is 1. The molecule has 0 aliphatic rings. The van der Waals surface area contributed by atoms with E-state index in [4.69, 9.17) is 9.72 Å². The van der Waals surface area contributed by atoms with Gasteiger partial charge >= 0.3 is 0 Å². The second kappa shape index (κ2) is 8.70. The van der Waals surface area contributed by atoms with Crippen molar-refractivity contribution in [1.82, 2.24) is 9.38 Å². The van der Waals surface area contributed by atoms with Crippen LogP contribution in [0.5, 0.6) is 5.75 Å². The lowest BCUT2D eigenvalue weighted by atomic mass is 10.1. The molecule has 0 amide bonds. The lowest BCUT2D eigenvalue weighted by Gasteiger charge is -2.21. The van der Waals surface area contributed by atoms with E-state index >= 15 is 0 Å². The van der Waals surface area contributed by atoms with E-state index in [9.17, 15) is 10.1 Å². The van der Waals surface area contributed by atoms with Gasteiger partial charge < -0.3 is 10.1 Å². The Labute approximate surface area is 186 Å². The molecular weight excluding hydrogens is 404 g/mol. The summed E-state index contributed by atoms with van der Waals surface area (Å²) >= 11 is 0. The lowest BCUT2D eigenvalue weighted by molar-refractivity contribution is -0.384. The second-order valence-corrected chi connectivity index (χ2v) is 8.64. The Morgan fingerprint density at radius 3 is 2.56 bits per heavy atom. The van der Waals surface area contributed by atoms with Crippen molar-refractivity contribution in [3.63, 3.8) is 0 Å². The van der Waals surface area contributed by atoms with Crippen molar-refractivity contribution in [2.24, 2.45) is 0 Å². The maximum Gasteiger partial charge on any atom is 0.270 e. The largest absolute Gasteiger partial charge is 0.489 e. The number of hydrogen-bond acceptors (Lipinski definition) is 5. The highest BCUT2D eigenvalue weighted by molar-refractivity contribution is 5.80. The van der Waals surface area contributed by atoms with Gasteiger partial charge in [-0.3, -0.25) is 14.5 Å². The van der Waals surface area contributed by atoms with Crippen molar-refractivity contribution < 1.29 is 9.66 Å². The highest BCUT2D eigenvalue weighted by Gasteiger charge is 2.22. The maximum absolute atomic E-state index is 11.3. The molecule has 2 heterocycles. The fraction of sp³-hybridized carbons (Fsp3) is 0.240. The molecule has 0 spiro atoms. The van der Waals surface area contributed by atoms with Crippen LogP contribution in [0.25, 0.3) is 16.9 Å². The minimum absolute atomic E-state index is 0.0365. The van der Waals surface area contributed by atoms with Gasteiger partial charge in [0.15, 0.2) is 17.2 Å². The zero-order valence-electron chi connectivity index (χ0n) is 18.4. The summed E-state index contributed by atoms with van der Waals surface area (Å²) in [5, 5.41) is 14.8. The van der Waals surface area contributed by atoms with Crippen LogP contribution in [-0.2, 0) is 6.42 Å². The molecule has 0 aliphatic heterocycles. The van der Waals surface area contributed by atoms with Crippen molar-refractivity contribution in [2.75, 3.05) is 11.9 Å². The van der Waals surface area contributed by atoms with E-state index in [0.717, 1.165) is 12.1 Å². The summed E-state index contributed by atoms with van der Waals surface area (Å²) < 4.78 is 8.02. The van der Waals surface area contributed by atoms with Crippen LogP contribution in [-0.4, -0.2) is 26.5 Å². The fourth-order valence-electron chi connectivity index (χ4n) is 3.56. The Morgan fingerprint density at radius 1 is 1.06 bits per heavy atom. The average molecular weight is 431 g/mol. The molecule has 0 aliphatic carbocycles. The fourth-order valence-corrected chi connectivity index (χ4v) is 3.56. The van der Waals surface area contributed by atoms with E-state index < -0.39 is 0 Å². The van der Waals surface area contributed by atoms with Gasteiger partial charge in [-0.25, -0.2) is 4.98 Å². The van der Waals surface area contributed by atoms with Gasteiger partial charge in [0.1, 0.15) is 0 Å². The average Bonchev–Trinajstić information content (AvgIpc) is 3.11. The van der Waals surface area contributed by atoms with E-state index in [1.165, 1.54) is 11.6 Å². The smallest absolute Gasteiger partial charge is 0.270 e. The Bertz CT molecular complexity index is 1240. The zero-order chi connectivity index (χ0) is 22.7. The number of pyridine rings is 1. The number of nitrogens with one attached hydrogen (secondary N) is 1. The first-order valence-electron chi connectivity index (χ1n) is 10.5. The summed E-state index contributed by atoms with van der Waals surface area (Å²) in [6.07, 6.45) is 2.68.